The second-order valence-electron chi connectivity index (χ2n) is 5.32. The molecule has 0 saturated carbocycles. The lowest BCUT2D eigenvalue weighted by Gasteiger charge is -2.23. The van der Waals surface area contributed by atoms with Gasteiger partial charge in [-0.05, 0) is 32.2 Å². The van der Waals surface area contributed by atoms with Gasteiger partial charge in [-0.1, -0.05) is 45.4 Å². The van der Waals surface area contributed by atoms with Gasteiger partial charge in [-0.2, -0.15) is 0 Å². The van der Waals surface area contributed by atoms with Gasteiger partial charge in [-0.25, -0.2) is 0 Å². The summed E-state index contributed by atoms with van der Waals surface area (Å²) in [6.07, 6.45) is 13.4. The molecule has 17 heavy (non-hydrogen) atoms. The highest BCUT2D eigenvalue weighted by Crippen LogP contribution is 2.10. The third-order valence-electron chi connectivity index (χ3n) is 3.67. The first-order valence-corrected chi connectivity index (χ1v) is 7.74. The van der Waals surface area contributed by atoms with Crippen molar-refractivity contribution in [2.24, 2.45) is 0 Å². The van der Waals surface area contributed by atoms with Gasteiger partial charge in [0.15, 0.2) is 0 Å². The minimum Gasteiger partial charge on any atom is -0.381 e. The number of piperidine rings is 1. The Balaban J connectivity index is 1.75. The summed E-state index contributed by atoms with van der Waals surface area (Å²) in [5.74, 6) is 0. The molecule has 0 aromatic heterocycles. The molecule has 0 aliphatic carbocycles. The molecule has 0 bridgehead atoms. The number of rotatable bonds is 10. The van der Waals surface area contributed by atoms with E-state index in [0.29, 0.717) is 0 Å². The summed E-state index contributed by atoms with van der Waals surface area (Å²) in [4.78, 5) is 0. The van der Waals surface area contributed by atoms with E-state index < -0.39 is 0 Å². The lowest BCUT2D eigenvalue weighted by atomic mass is 10.0. The number of ether oxygens (including phenoxy) is 1. The van der Waals surface area contributed by atoms with Crippen molar-refractivity contribution in [3.63, 3.8) is 0 Å². The van der Waals surface area contributed by atoms with Crippen LogP contribution in [-0.4, -0.2) is 25.8 Å². The molecular formula is C15H31NO. The molecule has 1 unspecified atom stereocenters. The van der Waals surface area contributed by atoms with E-state index in [1.807, 2.05) is 0 Å². The van der Waals surface area contributed by atoms with Crippen molar-refractivity contribution in [3.8, 4) is 0 Å². The van der Waals surface area contributed by atoms with Crippen LogP contribution in [0.5, 0.6) is 0 Å². The summed E-state index contributed by atoms with van der Waals surface area (Å²) in [7, 11) is 0. The van der Waals surface area contributed by atoms with Crippen LogP contribution in [0.3, 0.4) is 0 Å². The SMILES string of the molecule is CCCCCCCCOCCC1CCCCN1. The molecule has 2 heteroatoms. The molecule has 0 amide bonds. The lowest BCUT2D eigenvalue weighted by Crippen LogP contribution is -2.34. The zero-order valence-corrected chi connectivity index (χ0v) is 11.7. The van der Waals surface area contributed by atoms with Gasteiger partial charge >= 0.3 is 0 Å². The zero-order chi connectivity index (χ0) is 12.2. The number of nitrogens with one attached hydrogen (secondary N) is 1. The molecule has 0 spiro atoms. The van der Waals surface area contributed by atoms with E-state index in [1.54, 1.807) is 0 Å². The highest BCUT2D eigenvalue weighted by molar-refractivity contribution is 4.71. The Morgan fingerprint density at radius 2 is 1.82 bits per heavy atom. The van der Waals surface area contributed by atoms with Crippen molar-refractivity contribution in [3.05, 3.63) is 0 Å². The quantitative estimate of drug-likeness (QED) is 0.586. The van der Waals surface area contributed by atoms with E-state index in [2.05, 4.69) is 12.2 Å². The second kappa shape index (κ2) is 11.0. The molecule has 1 fully saturated rings. The fourth-order valence-corrected chi connectivity index (χ4v) is 2.48. The second-order valence-corrected chi connectivity index (χ2v) is 5.32. The number of hydrogen-bond acceptors (Lipinski definition) is 2. The monoisotopic (exact) mass is 241 g/mol. The molecule has 1 aliphatic rings. The van der Waals surface area contributed by atoms with Crippen molar-refractivity contribution in [2.45, 2.75) is 77.2 Å². The van der Waals surface area contributed by atoms with Crippen molar-refractivity contribution in [1.82, 2.24) is 5.32 Å². The van der Waals surface area contributed by atoms with Gasteiger partial charge in [0.25, 0.3) is 0 Å². The lowest BCUT2D eigenvalue weighted by molar-refractivity contribution is 0.117. The zero-order valence-electron chi connectivity index (χ0n) is 11.7. The standard InChI is InChI=1S/C15H31NO/c1-2-3-4-5-6-9-13-17-14-11-15-10-7-8-12-16-15/h15-16H,2-14H2,1H3. The Morgan fingerprint density at radius 3 is 2.59 bits per heavy atom. The predicted octanol–water partition coefficient (Wildman–Crippen LogP) is 3.90. The van der Waals surface area contributed by atoms with Gasteiger partial charge in [0.2, 0.25) is 0 Å². The van der Waals surface area contributed by atoms with Crippen LogP contribution in [0.4, 0.5) is 0 Å². The fourth-order valence-electron chi connectivity index (χ4n) is 2.48. The van der Waals surface area contributed by atoms with Crippen LogP contribution in [0.1, 0.15) is 71.1 Å². The van der Waals surface area contributed by atoms with Crippen LogP contribution in [0.2, 0.25) is 0 Å². The minimum absolute atomic E-state index is 0.730. The van der Waals surface area contributed by atoms with Gasteiger partial charge in [-0.3, -0.25) is 0 Å². The highest BCUT2D eigenvalue weighted by Gasteiger charge is 2.11. The molecule has 1 atom stereocenters. The third-order valence-corrected chi connectivity index (χ3v) is 3.67. The molecule has 1 rings (SSSR count). The van der Waals surface area contributed by atoms with Crippen LogP contribution >= 0.6 is 0 Å². The highest BCUT2D eigenvalue weighted by atomic mass is 16.5. The van der Waals surface area contributed by atoms with Gasteiger partial charge in [0, 0.05) is 19.3 Å². The summed E-state index contributed by atoms with van der Waals surface area (Å²) in [6.45, 7) is 5.40. The molecule has 1 N–H and O–H groups in total. The smallest absolute Gasteiger partial charge is 0.0480 e. The normalized spacial score (nSPS) is 20.6. The van der Waals surface area contributed by atoms with Gasteiger partial charge in [0.1, 0.15) is 0 Å². The van der Waals surface area contributed by atoms with E-state index in [-0.39, 0.29) is 0 Å². The first-order chi connectivity index (χ1) is 8.43. The van der Waals surface area contributed by atoms with Crippen LogP contribution in [0.15, 0.2) is 0 Å². The molecular weight excluding hydrogens is 210 g/mol. The Labute approximate surface area is 108 Å². The first kappa shape index (κ1) is 15.0. The summed E-state index contributed by atoms with van der Waals surface area (Å²) >= 11 is 0. The third kappa shape index (κ3) is 8.62. The summed E-state index contributed by atoms with van der Waals surface area (Å²) < 4.78 is 5.70. The number of unbranched alkanes of at least 4 members (excludes halogenated alkanes) is 5. The van der Waals surface area contributed by atoms with Crippen LogP contribution in [0.25, 0.3) is 0 Å². The average molecular weight is 241 g/mol. The van der Waals surface area contributed by atoms with Gasteiger partial charge in [0.05, 0.1) is 0 Å². The summed E-state index contributed by atoms with van der Waals surface area (Å²) in [6, 6.07) is 0.730. The van der Waals surface area contributed by atoms with E-state index in [0.717, 1.165) is 19.3 Å². The Hall–Kier alpha value is -0.0800. The topological polar surface area (TPSA) is 21.3 Å². The molecule has 2 nitrogen and oxygen atoms in total. The molecule has 1 heterocycles. The maximum Gasteiger partial charge on any atom is 0.0480 e. The Kier molecular flexibility index (Phi) is 9.72. The number of hydrogen-bond donors (Lipinski definition) is 1. The average Bonchev–Trinajstić information content (AvgIpc) is 2.38. The van der Waals surface area contributed by atoms with Crippen LogP contribution in [-0.2, 0) is 4.74 Å². The van der Waals surface area contributed by atoms with E-state index in [9.17, 15) is 0 Å². The summed E-state index contributed by atoms with van der Waals surface area (Å²) in [5, 5.41) is 3.56. The van der Waals surface area contributed by atoms with Crippen LogP contribution in [0, 0.1) is 0 Å². The van der Waals surface area contributed by atoms with Crippen molar-refractivity contribution in [1.29, 1.82) is 0 Å². The van der Waals surface area contributed by atoms with E-state index in [4.69, 9.17) is 4.74 Å². The minimum atomic E-state index is 0.730. The Bertz CT molecular complexity index is 155. The molecule has 102 valence electrons. The molecule has 1 saturated heterocycles. The van der Waals surface area contributed by atoms with Crippen molar-refractivity contribution >= 4 is 0 Å². The Morgan fingerprint density at radius 1 is 1.00 bits per heavy atom. The van der Waals surface area contributed by atoms with Crippen molar-refractivity contribution < 1.29 is 4.74 Å². The van der Waals surface area contributed by atoms with Crippen LogP contribution < -0.4 is 5.32 Å². The molecule has 0 radical (unpaired) electrons. The largest absolute Gasteiger partial charge is 0.381 e. The fraction of sp³-hybridized carbons (Fsp3) is 1.00. The maximum absolute atomic E-state index is 5.70. The van der Waals surface area contributed by atoms with Gasteiger partial charge < -0.3 is 10.1 Å². The predicted molar refractivity (Wildman–Crippen MR) is 74.5 cm³/mol. The molecule has 0 aromatic carbocycles. The van der Waals surface area contributed by atoms with Gasteiger partial charge in [-0.15, -0.1) is 0 Å². The summed E-state index contributed by atoms with van der Waals surface area (Å²) in [5.41, 5.74) is 0. The van der Waals surface area contributed by atoms with E-state index in [1.165, 1.54) is 70.8 Å². The van der Waals surface area contributed by atoms with E-state index >= 15 is 0 Å². The first-order valence-electron chi connectivity index (χ1n) is 7.74. The maximum atomic E-state index is 5.70. The molecule has 1 aliphatic heterocycles. The van der Waals surface area contributed by atoms with Crippen molar-refractivity contribution in [2.75, 3.05) is 19.8 Å². The molecule has 0 aromatic rings.